The zero-order chi connectivity index (χ0) is 24.2. The van der Waals surface area contributed by atoms with Crippen LogP contribution in [0.5, 0.6) is 11.5 Å². The van der Waals surface area contributed by atoms with Crippen LogP contribution in [0.1, 0.15) is 27.8 Å². The lowest BCUT2D eigenvalue weighted by Gasteiger charge is -2.11. The fraction of sp³-hybridized carbons (Fsp3) is 0.115. The molecule has 0 aliphatic heterocycles. The molecular weight excluding hydrogens is 504 g/mol. The summed E-state index contributed by atoms with van der Waals surface area (Å²) in [4.78, 5) is 38.6. The van der Waals surface area contributed by atoms with Gasteiger partial charge in [0.2, 0.25) is 11.2 Å². The molecule has 0 amide bonds. The Hall–Kier alpha value is -3.91. The number of halogens is 1. The molecule has 3 aromatic carbocycles. The molecule has 0 saturated carbocycles. The molecule has 0 radical (unpaired) electrons. The van der Waals surface area contributed by atoms with Crippen molar-refractivity contribution in [1.29, 1.82) is 0 Å². The first kappa shape index (κ1) is 23.3. The lowest BCUT2D eigenvalue weighted by atomic mass is 10.0. The summed E-state index contributed by atoms with van der Waals surface area (Å²) in [7, 11) is 1.53. The van der Waals surface area contributed by atoms with Gasteiger partial charge in [0, 0.05) is 10.5 Å². The number of fused-ring (bicyclic) bond motifs is 1. The molecule has 0 unspecified atom stereocenters. The van der Waals surface area contributed by atoms with Gasteiger partial charge in [-0.2, -0.15) is 0 Å². The Balaban J connectivity index is 1.81. The Morgan fingerprint density at radius 2 is 1.65 bits per heavy atom. The van der Waals surface area contributed by atoms with E-state index in [2.05, 4.69) is 15.9 Å². The van der Waals surface area contributed by atoms with Crippen LogP contribution < -0.4 is 14.9 Å². The van der Waals surface area contributed by atoms with Crippen LogP contribution in [0.2, 0.25) is 0 Å². The molecule has 172 valence electrons. The van der Waals surface area contributed by atoms with Gasteiger partial charge in [0.1, 0.15) is 17.1 Å². The molecule has 7 nitrogen and oxygen atoms in total. The number of esters is 2. The molecule has 0 saturated heterocycles. The largest absolute Gasteiger partial charge is 0.497 e. The predicted octanol–water partition coefficient (Wildman–Crippen LogP) is 5.63. The second-order valence-corrected chi connectivity index (χ2v) is 7.97. The highest BCUT2D eigenvalue weighted by Gasteiger charge is 2.24. The quantitative estimate of drug-likeness (QED) is 0.239. The van der Waals surface area contributed by atoms with Crippen LogP contribution in [0.25, 0.3) is 22.1 Å². The fourth-order valence-corrected chi connectivity index (χ4v) is 3.83. The van der Waals surface area contributed by atoms with Gasteiger partial charge in [-0.15, -0.1) is 0 Å². The van der Waals surface area contributed by atoms with Crippen molar-refractivity contribution in [2.45, 2.75) is 6.92 Å². The molecule has 0 spiro atoms. The Labute approximate surface area is 203 Å². The van der Waals surface area contributed by atoms with Crippen LogP contribution in [-0.2, 0) is 4.74 Å². The van der Waals surface area contributed by atoms with Gasteiger partial charge in [-0.3, -0.25) is 4.79 Å². The Morgan fingerprint density at radius 3 is 2.32 bits per heavy atom. The highest BCUT2D eigenvalue weighted by Crippen LogP contribution is 2.29. The smallest absolute Gasteiger partial charge is 0.375 e. The van der Waals surface area contributed by atoms with E-state index in [0.29, 0.717) is 21.3 Å². The third-order valence-corrected chi connectivity index (χ3v) is 5.70. The highest BCUT2D eigenvalue weighted by molar-refractivity contribution is 9.10. The topological polar surface area (TPSA) is 92.0 Å². The molecule has 1 heterocycles. The van der Waals surface area contributed by atoms with Crippen molar-refractivity contribution in [1.82, 2.24) is 0 Å². The highest BCUT2D eigenvalue weighted by atomic mass is 79.9. The number of carbonyl (C=O) groups is 2. The zero-order valence-corrected chi connectivity index (χ0v) is 19.9. The van der Waals surface area contributed by atoms with Gasteiger partial charge < -0.3 is 18.6 Å². The van der Waals surface area contributed by atoms with E-state index in [-0.39, 0.29) is 34.6 Å². The summed E-state index contributed by atoms with van der Waals surface area (Å²) in [5, 5.41) is 0.222. The maximum absolute atomic E-state index is 13.4. The molecule has 4 rings (SSSR count). The van der Waals surface area contributed by atoms with Crippen LogP contribution >= 0.6 is 15.9 Å². The number of carbonyl (C=O) groups excluding carboxylic acids is 2. The van der Waals surface area contributed by atoms with E-state index in [0.717, 1.165) is 0 Å². The van der Waals surface area contributed by atoms with E-state index in [1.54, 1.807) is 55.5 Å². The first-order valence-electron chi connectivity index (χ1n) is 10.3. The van der Waals surface area contributed by atoms with Gasteiger partial charge in [-0.1, -0.05) is 24.3 Å². The van der Waals surface area contributed by atoms with Crippen molar-refractivity contribution in [3.63, 3.8) is 0 Å². The van der Waals surface area contributed by atoms with Crippen LogP contribution in [0.3, 0.4) is 0 Å². The van der Waals surface area contributed by atoms with Crippen molar-refractivity contribution in [3.05, 3.63) is 92.7 Å². The molecule has 4 aromatic rings. The minimum atomic E-state index is -0.775. The summed E-state index contributed by atoms with van der Waals surface area (Å²) in [6.45, 7) is 1.76. The molecule has 0 aliphatic rings. The van der Waals surface area contributed by atoms with Gasteiger partial charge in [0.25, 0.3) is 0 Å². The fourth-order valence-electron chi connectivity index (χ4n) is 3.39. The molecular formula is C26H19BrO7. The van der Waals surface area contributed by atoms with E-state index in [1.807, 2.05) is 0 Å². The van der Waals surface area contributed by atoms with Crippen LogP contribution in [-0.4, -0.2) is 25.7 Å². The Morgan fingerprint density at radius 1 is 0.941 bits per heavy atom. The summed E-state index contributed by atoms with van der Waals surface area (Å²) < 4.78 is 22.2. The summed E-state index contributed by atoms with van der Waals surface area (Å²) in [5.41, 5.74) is 0.558. The lowest BCUT2D eigenvalue weighted by Crippen LogP contribution is -2.15. The third kappa shape index (κ3) is 4.58. The average molecular weight is 523 g/mol. The number of hydrogen-bond acceptors (Lipinski definition) is 7. The van der Waals surface area contributed by atoms with Crippen molar-refractivity contribution >= 4 is 38.8 Å². The van der Waals surface area contributed by atoms with Crippen LogP contribution in [0.15, 0.2) is 80.4 Å². The van der Waals surface area contributed by atoms with Crippen molar-refractivity contribution in [3.8, 4) is 22.6 Å². The third-order valence-electron chi connectivity index (χ3n) is 5.01. The molecule has 0 fully saturated rings. The minimum Gasteiger partial charge on any atom is -0.497 e. The molecule has 0 atom stereocenters. The molecule has 0 bridgehead atoms. The number of methoxy groups -OCH3 is 1. The molecule has 1 aromatic heterocycles. The van der Waals surface area contributed by atoms with E-state index in [9.17, 15) is 14.4 Å². The number of ether oxygens (including phenoxy) is 3. The normalized spacial score (nSPS) is 10.7. The predicted molar refractivity (Wildman–Crippen MR) is 130 cm³/mol. The number of rotatable bonds is 6. The van der Waals surface area contributed by atoms with Crippen molar-refractivity contribution in [2.24, 2.45) is 0 Å². The van der Waals surface area contributed by atoms with Gasteiger partial charge in [0.15, 0.2) is 0 Å². The van der Waals surface area contributed by atoms with Gasteiger partial charge in [-0.05, 0) is 64.8 Å². The number of benzene rings is 3. The van der Waals surface area contributed by atoms with Gasteiger partial charge >= 0.3 is 11.9 Å². The van der Waals surface area contributed by atoms with E-state index in [1.165, 1.54) is 25.3 Å². The molecule has 0 N–H and O–H groups in total. The average Bonchev–Trinajstić information content (AvgIpc) is 2.84. The number of hydrogen-bond donors (Lipinski definition) is 0. The summed E-state index contributed by atoms with van der Waals surface area (Å²) >= 11 is 3.32. The van der Waals surface area contributed by atoms with Crippen molar-refractivity contribution < 1.29 is 28.2 Å². The van der Waals surface area contributed by atoms with E-state index >= 15 is 0 Å². The molecule has 8 heteroatoms. The second-order valence-electron chi connectivity index (χ2n) is 7.11. The van der Waals surface area contributed by atoms with E-state index < -0.39 is 17.4 Å². The molecule has 0 aliphatic carbocycles. The molecule has 34 heavy (non-hydrogen) atoms. The van der Waals surface area contributed by atoms with Gasteiger partial charge in [0.05, 0.1) is 30.2 Å². The first-order chi connectivity index (χ1) is 16.4. The summed E-state index contributed by atoms with van der Waals surface area (Å²) in [6.07, 6.45) is 0. The van der Waals surface area contributed by atoms with Gasteiger partial charge in [-0.25, -0.2) is 9.59 Å². The second kappa shape index (κ2) is 9.93. The lowest BCUT2D eigenvalue weighted by molar-refractivity contribution is 0.0491. The standard InChI is InChI=1S/C26H19BrO7/c1-3-32-26(30)24-22(15-8-10-16(31-2)11-9-15)23(28)19-13-12-17(14-21(19)34-24)33-25(29)18-6-4-5-7-20(18)27/h4-14H,3H2,1-2H3. The summed E-state index contributed by atoms with van der Waals surface area (Å²) in [6, 6.07) is 17.9. The maximum Gasteiger partial charge on any atom is 0.375 e. The monoisotopic (exact) mass is 522 g/mol. The van der Waals surface area contributed by atoms with Crippen molar-refractivity contribution in [2.75, 3.05) is 13.7 Å². The van der Waals surface area contributed by atoms with Crippen LogP contribution in [0, 0.1) is 0 Å². The summed E-state index contributed by atoms with van der Waals surface area (Å²) in [5.74, 6) is -0.845. The Bertz CT molecular complexity index is 1440. The van der Waals surface area contributed by atoms with E-state index in [4.69, 9.17) is 18.6 Å². The first-order valence-corrected chi connectivity index (χ1v) is 11.1. The Kier molecular flexibility index (Phi) is 6.79. The zero-order valence-electron chi connectivity index (χ0n) is 18.3. The van der Waals surface area contributed by atoms with Crippen LogP contribution in [0.4, 0.5) is 0 Å². The maximum atomic E-state index is 13.4. The SMILES string of the molecule is CCOC(=O)c1oc2cc(OC(=O)c3ccccc3Br)ccc2c(=O)c1-c1ccc(OC)cc1. The minimum absolute atomic E-state index is 0.0755.